The third kappa shape index (κ3) is 2.06. The van der Waals surface area contributed by atoms with Crippen LogP contribution in [0.25, 0.3) is 22.2 Å². The molecule has 0 bridgehead atoms. The van der Waals surface area contributed by atoms with Crippen LogP contribution in [0.3, 0.4) is 0 Å². The summed E-state index contributed by atoms with van der Waals surface area (Å²) in [4.78, 5) is 4.66. The molecule has 1 aromatic heterocycles. The van der Waals surface area contributed by atoms with E-state index in [9.17, 15) is 0 Å². The molecule has 0 fully saturated rings. The number of nitrogens with zero attached hydrogens (tertiary/aromatic N) is 1. The average molecular weight is 346 g/mol. The van der Waals surface area contributed by atoms with Crippen molar-refractivity contribution in [2.45, 2.75) is 0 Å². The second-order valence-corrected chi connectivity index (χ2v) is 5.37. The number of aromatic nitrogens is 1. The Morgan fingerprint density at radius 2 is 1.72 bits per heavy atom. The van der Waals surface area contributed by atoms with Crippen molar-refractivity contribution >= 4 is 39.2 Å². The van der Waals surface area contributed by atoms with E-state index < -0.39 is 0 Å². The first-order valence-electron chi connectivity index (χ1n) is 5.65. The Hall–Kier alpha value is -1.62. The van der Waals surface area contributed by atoms with E-state index in [-0.39, 0.29) is 0 Å². The van der Waals surface area contributed by atoms with Crippen LogP contribution in [0.1, 0.15) is 0 Å². The molecule has 2 nitrogen and oxygen atoms in total. The minimum absolute atomic E-state index is 0.775. The molecule has 0 saturated heterocycles. The van der Waals surface area contributed by atoms with Crippen LogP contribution in [0.4, 0.5) is 5.69 Å². The first-order chi connectivity index (χ1) is 8.74. The van der Waals surface area contributed by atoms with Crippen LogP contribution in [-0.4, -0.2) is 4.98 Å². The van der Waals surface area contributed by atoms with Crippen molar-refractivity contribution in [3.8, 4) is 11.3 Å². The van der Waals surface area contributed by atoms with Gasteiger partial charge in [0.1, 0.15) is 0 Å². The van der Waals surface area contributed by atoms with E-state index in [1.54, 1.807) is 0 Å². The number of pyridine rings is 1. The van der Waals surface area contributed by atoms with E-state index in [2.05, 4.69) is 33.6 Å². The SMILES string of the molecule is Nc1cc(-c2ccccc2)nc2ccc(I)cc12. The largest absolute Gasteiger partial charge is 0.398 e. The zero-order chi connectivity index (χ0) is 12.5. The topological polar surface area (TPSA) is 38.9 Å². The van der Waals surface area contributed by atoms with Crippen LogP contribution >= 0.6 is 22.6 Å². The summed E-state index contributed by atoms with van der Waals surface area (Å²) in [5, 5.41) is 1.02. The van der Waals surface area contributed by atoms with E-state index in [1.165, 1.54) is 3.57 Å². The minimum Gasteiger partial charge on any atom is -0.398 e. The molecule has 0 aliphatic carbocycles. The quantitative estimate of drug-likeness (QED) is 0.674. The van der Waals surface area contributed by atoms with Gasteiger partial charge in [0.2, 0.25) is 0 Å². The van der Waals surface area contributed by atoms with Crippen LogP contribution in [0, 0.1) is 3.57 Å². The molecule has 0 spiro atoms. The summed E-state index contributed by atoms with van der Waals surface area (Å²) in [5.74, 6) is 0. The number of nitrogens with two attached hydrogens (primary N) is 1. The van der Waals surface area contributed by atoms with Crippen molar-refractivity contribution in [1.29, 1.82) is 0 Å². The molecule has 2 aromatic carbocycles. The van der Waals surface area contributed by atoms with Crippen molar-refractivity contribution in [3.63, 3.8) is 0 Å². The number of hydrogen-bond acceptors (Lipinski definition) is 2. The molecule has 3 heteroatoms. The fraction of sp³-hybridized carbons (Fsp3) is 0. The summed E-state index contributed by atoms with van der Waals surface area (Å²) in [7, 11) is 0. The van der Waals surface area contributed by atoms with Crippen LogP contribution in [0.15, 0.2) is 54.6 Å². The molecule has 0 radical (unpaired) electrons. The highest BCUT2D eigenvalue weighted by atomic mass is 127. The number of fused-ring (bicyclic) bond motifs is 1. The highest BCUT2D eigenvalue weighted by Gasteiger charge is 2.05. The predicted octanol–water partition coefficient (Wildman–Crippen LogP) is 4.09. The van der Waals surface area contributed by atoms with Crippen LogP contribution in [0.5, 0.6) is 0 Å². The van der Waals surface area contributed by atoms with Gasteiger partial charge in [-0.05, 0) is 46.9 Å². The molecular weight excluding hydrogens is 335 g/mol. The molecule has 3 aromatic rings. The van der Waals surface area contributed by atoms with Crippen molar-refractivity contribution < 1.29 is 0 Å². The van der Waals surface area contributed by atoms with Crippen LogP contribution < -0.4 is 5.73 Å². The minimum atomic E-state index is 0.775. The molecule has 3 rings (SSSR count). The Labute approximate surface area is 119 Å². The number of rotatable bonds is 1. The third-order valence-corrected chi connectivity index (χ3v) is 3.54. The number of halogens is 1. The lowest BCUT2D eigenvalue weighted by Gasteiger charge is -2.07. The van der Waals surface area contributed by atoms with Gasteiger partial charge in [-0.15, -0.1) is 0 Å². The molecule has 0 aliphatic rings. The molecule has 0 aliphatic heterocycles. The maximum absolute atomic E-state index is 6.12. The summed E-state index contributed by atoms with van der Waals surface area (Å²) in [6.45, 7) is 0. The Kier molecular flexibility index (Phi) is 2.91. The number of nitrogen functional groups attached to an aromatic ring is 1. The first kappa shape index (κ1) is 11.5. The summed E-state index contributed by atoms with van der Waals surface area (Å²) in [6.07, 6.45) is 0. The van der Waals surface area contributed by atoms with E-state index >= 15 is 0 Å². The smallest absolute Gasteiger partial charge is 0.0730 e. The number of hydrogen-bond donors (Lipinski definition) is 1. The molecule has 0 saturated carbocycles. The molecule has 0 unspecified atom stereocenters. The van der Waals surface area contributed by atoms with Gasteiger partial charge >= 0.3 is 0 Å². The fourth-order valence-corrected chi connectivity index (χ4v) is 2.47. The Balaban J connectivity index is 2.25. The predicted molar refractivity (Wildman–Crippen MR) is 84.3 cm³/mol. The molecular formula is C15H11IN2. The Morgan fingerprint density at radius 3 is 2.50 bits per heavy atom. The molecule has 0 amide bonds. The van der Waals surface area contributed by atoms with E-state index in [4.69, 9.17) is 5.73 Å². The molecule has 88 valence electrons. The van der Waals surface area contributed by atoms with E-state index in [1.807, 2.05) is 48.5 Å². The lowest BCUT2D eigenvalue weighted by atomic mass is 10.1. The Morgan fingerprint density at radius 1 is 0.944 bits per heavy atom. The van der Waals surface area contributed by atoms with Crippen molar-refractivity contribution in [1.82, 2.24) is 4.98 Å². The van der Waals surface area contributed by atoms with Crippen LogP contribution in [0.2, 0.25) is 0 Å². The van der Waals surface area contributed by atoms with Gasteiger partial charge in [-0.2, -0.15) is 0 Å². The molecule has 2 N–H and O–H groups in total. The van der Waals surface area contributed by atoms with Crippen molar-refractivity contribution in [2.24, 2.45) is 0 Å². The van der Waals surface area contributed by atoms with Gasteiger partial charge in [0.05, 0.1) is 11.2 Å². The fourth-order valence-electron chi connectivity index (χ4n) is 1.98. The van der Waals surface area contributed by atoms with Crippen molar-refractivity contribution in [3.05, 3.63) is 58.2 Å². The summed E-state index contributed by atoms with van der Waals surface area (Å²) in [6, 6.07) is 18.2. The van der Waals surface area contributed by atoms with Gasteiger partial charge in [0.15, 0.2) is 0 Å². The highest BCUT2D eigenvalue weighted by Crippen LogP contribution is 2.27. The normalized spacial score (nSPS) is 10.7. The second-order valence-electron chi connectivity index (χ2n) is 4.12. The number of benzene rings is 2. The second kappa shape index (κ2) is 4.57. The summed E-state index contributed by atoms with van der Waals surface area (Å²) < 4.78 is 1.17. The monoisotopic (exact) mass is 346 g/mol. The summed E-state index contributed by atoms with van der Waals surface area (Å²) >= 11 is 2.28. The Bertz CT molecular complexity index is 708. The zero-order valence-corrected chi connectivity index (χ0v) is 11.8. The van der Waals surface area contributed by atoms with Crippen LogP contribution in [-0.2, 0) is 0 Å². The van der Waals surface area contributed by atoms with Gasteiger partial charge in [-0.25, -0.2) is 4.98 Å². The lowest BCUT2D eigenvalue weighted by Crippen LogP contribution is -1.93. The molecule has 1 heterocycles. The zero-order valence-electron chi connectivity index (χ0n) is 9.60. The lowest BCUT2D eigenvalue weighted by molar-refractivity contribution is 1.40. The maximum Gasteiger partial charge on any atom is 0.0730 e. The van der Waals surface area contributed by atoms with Gasteiger partial charge < -0.3 is 5.73 Å². The van der Waals surface area contributed by atoms with Gasteiger partial charge in [0, 0.05) is 20.2 Å². The first-order valence-corrected chi connectivity index (χ1v) is 6.73. The molecule has 0 atom stereocenters. The maximum atomic E-state index is 6.12. The van der Waals surface area contributed by atoms with E-state index in [0.29, 0.717) is 0 Å². The van der Waals surface area contributed by atoms with Gasteiger partial charge in [-0.3, -0.25) is 0 Å². The third-order valence-electron chi connectivity index (χ3n) is 2.87. The number of anilines is 1. The molecule has 18 heavy (non-hydrogen) atoms. The van der Waals surface area contributed by atoms with Gasteiger partial charge in [-0.1, -0.05) is 30.3 Å². The summed E-state index contributed by atoms with van der Waals surface area (Å²) in [5.41, 5.74) is 9.84. The van der Waals surface area contributed by atoms with E-state index in [0.717, 1.165) is 27.8 Å². The highest BCUT2D eigenvalue weighted by molar-refractivity contribution is 14.1. The van der Waals surface area contributed by atoms with Gasteiger partial charge in [0.25, 0.3) is 0 Å². The standard InChI is InChI=1S/C15H11IN2/c16-11-6-7-14-12(8-11)13(17)9-15(18-14)10-4-2-1-3-5-10/h1-9H,(H2,17,18). The average Bonchev–Trinajstić information content (AvgIpc) is 2.40. The van der Waals surface area contributed by atoms with Crippen molar-refractivity contribution in [2.75, 3.05) is 5.73 Å².